The lowest BCUT2D eigenvalue weighted by Gasteiger charge is -2.59. The van der Waals surface area contributed by atoms with Gasteiger partial charge in [0, 0.05) is 25.8 Å². The Morgan fingerprint density at radius 1 is 0.789 bits per heavy atom. The highest BCUT2D eigenvalue weighted by Crippen LogP contribution is 2.51. The zero-order valence-electron chi connectivity index (χ0n) is 21.9. The molecule has 194 valence electrons. The van der Waals surface area contributed by atoms with Crippen molar-refractivity contribution in [3.8, 4) is 0 Å². The lowest BCUT2D eigenvalue weighted by atomic mass is 9.70. The van der Waals surface area contributed by atoms with Crippen LogP contribution in [-0.4, -0.2) is 30.9 Å². The molecule has 0 amide bonds. The standard InChI is InChI=1S/C33H33NO3S/c1-25-17-19-30(20-18-25)38(35,36)34-24-33(22-28-13-7-4-8-14-28)31-16-10-9-15-29(31)23-32(37-33,26(34)2)21-27-11-5-3-6-12-27/h3-20,26H,21-24H2,1-2H3/t26-,32-,33-/m1/s1. The number of sulfonamides is 1. The fraction of sp³-hybridized carbons (Fsp3) is 0.273. The Labute approximate surface area is 226 Å². The molecule has 0 saturated carbocycles. The topological polar surface area (TPSA) is 46.6 Å². The lowest BCUT2D eigenvalue weighted by Crippen LogP contribution is -2.70. The average molecular weight is 524 g/mol. The molecular weight excluding hydrogens is 490 g/mol. The second-order valence-corrected chi connectivity index (χ2v) is 12.7. The van der Waals surface area contributed by atoms with E-state index in [1.54, 1.807) is 16.4 Å². The van der Waals surface area contributed by atoms with Crippen molar-refractivity contribution < 1.29 is 13.2 Å². The first-order valence-electron chi connectivity index (χ1n) is 13.3. The van der Waals surface area contributed by atoms with Crippen molar-refractivity contribution >= 4 is 10.0 Å². The molecule has 0 spiro atoms. The SMILES string of the molecule is Cc1ccc(S(=O)(=O)N2C[C@@]3(Cc4ccccc4)O[C@](Cc4ccccc4)(Cc4ccccc43)[C@H]2C)cc1. The molecule has 2 aliphatic heterocycles. The Kier molecular flexibility index (Phi) is 6.26. The van der Waals surface area contributed by atoms with E-state index in [2.05, 4.69) is 42.5 Å². The Morgan fingerprint density at radius 3 is 2.03 bits per heavy atom. The van der Waals surface area contributed by atoms with E-state index < -0.39 is 21.2 Å². The average Bonchev–Trinajstić information content (AvgIpc) is 2.92. The molecule has 0 unspecified atom stereocenters. The van der Waals surface area contributed by atoms with Crippen molar-refractivity contribution in [1.82, 2.24) is 4.31 Å². The van der Waals surface area contributed by atoms with Crippen LogP contribution in [0.1, 0.15) is 34.7 Å². The molecule has 0 N–H and O–H groups in total. The van der Waals surface area contributed by atoms with Crippen LogP contribution >= 0.6 is 0 Å². The van der Waals surface area contributed by atoms with Crippen molar-refractivity contribution in [2.24, 2.45) is 0 Å². The van der Waals surface area contributed by atoms with E-state index >= 15 is 0 Å². The fourth-order valence-electron chi connectivity index (χ4n) is 6.36. The van der Waals surface area contributed by atoms with Gasteiger partial charge < -0.3 is 4.74 Å². The van der Waals surface area contributed by atoms with Gasteiger partial charge in [-0.1, -0.05) is 103 Å². The van der Waals surface area contributed by atoms with Gasteiger partial charge in [0.05, 0.1) is 16.5 Å². The van der Waals surface area contributed by atoms with E-state index in [4.69, 9.17) is 4.74 Å². The summed E-state index contributed by atoms with van der Waals surface area (Å²) in [4.78, 5) is 0.327. The molecule has 2 bridgehead atoms. The van der Waals surface area contributed by atoms with Gasteiger partial charge in [0.1, 0.15) is 5.60 Å². The number of morpholine rings is 1. The monoisotopic (exact) mass is 523 g/mol. The van der Waals surface area contributed by atoms with E-state index in [1.165, 1.54) is 5.56 Å². The minimum Gasteiger partial charge on any atom is -0.360 e. The zero-order chi connectivity index (χ0) is 26.4. The highest BCUT2D eigenvalue weighted by atomic mass is 32.2. The summed E-state index contributed by atoms with van der Waals surface area (Å²) >= 11 is 0. The van der Waals surface area contributed by atoms with Gasteiger partial charge in [-0.25, -0.2) is 8.42 Å². The molecule has 6 rings (SSSR count). The molecular formula is C33H33NO3S. The molecule has 2 aliphatic rings. The molecule has 1 fully saturated rings. The number of nitrogens with zero attached hydrogens (tertiary/aromatic N) is 1. The second-order valence-electron chi connectivity index (χ2n) is 10.9. The van der Waals surface area contributed by atoms with Gasteiger partial charge in [-0.3, -0.25) is 0 Å². The zero-order valence-corrected chi connectivity index (χ0v) is 22.7. The van der Waals surface area contributed by atoms with Crippen molar-refractivity contribution in [3.63, 3.8) is 0 Å². The van der Waals surface area contributed by atoms with E-state index in [0.29, 0.717) is 24.2 Å². The third-order valence-electron chi connectivity index (χ3n) is 8.31. The molecule has 0 aromatic heterocycles. The van der Waals surface area contributed by atoms with Crippen molar-refractivity contribution in [1.29, 1.82) is 0 Å². The maximum Gasteiger partial charge on any atom is 0.243 e. The molecule has 38 heavy (non-hydrogen) atoms. The van der Waals surface area contributed by atoms with Gasteiger partial charge in [-0.2, -0.15) is 4.31 Å². The number of aryl methyl sites for hydroxylation is 1. The van der Waals surface area contributed by atoms with Gasteiger partial charge in [-0.05, 0) is 48.2 Å². The summed E-state index contributed by atoms with van der Waals surface area (Å²) in [6.45, 7) is 4.25. The molecule has 4 aromatic carbocycles. The molecule has 1 saturated heterocycles. The van der Waals surface area contributed by atoms with Gasteiger partial charge in [0.25, 0.3) is 0 Å². The van der Waals surface area contributed by atoms with Crippen molar-refractivity contribution in [2.75, 3.05) is 6.54 Å². The Morgan fingerprint density at radius 2 is 1.37 bits per heavy atom. The highest BCUT2D eigenvalue weighted by molar-refractivity contribution is 7.89. The first-order chi connectivity index (χ1) is 18.3. The van der Waals surface area contributed by atoms with Gasteiger partial charge in [0.2, 0.25) is 10.0 Å². The van der Waals surface area contributed by atoms with Crippen molar-refractivity contribution in [3.05, 3.63) is 137 Å². The Hall–Kier alpha value is -3.25. The largest absolute Gasteiger partial charge is 0.360 e. The molecule has 4 nitrogen and oxygen atoms in total. The molecule has 2 heterocycles. The summed E-state index contributed by atoms with van der Waals surface area (Å²) in [6, 6.07) is 35.8. The molecule has 4 aromatic rings. The minimum atomic E-state index is -3.78. The molecule has 0 radical (unpaired) electrons. The Bertz CT molecular complexity index is 1540. The van der Waals surface area contributed by atoms with E-state index in [1.807, 2.05) is 68.4 Å². The summed E-state index contributed by atoms with van der Waals surface area (Å²) in [5, 5.41) is 0. The number of ether oxygens (including phenoxy) is 1. The van der Waals surface area contributed by atoms with Crippen LogP contribution in [0.15, 0.2) is 114 Å². The van der Waals surface area contributed by atoms with Gasteiger partial charge >= 0.3 is 0 Å². The predicted octanol–water partition coefficient (Wildman–Crippen LogP) is 6.08. The minimum absolute atomic E-state index is 0.257. The quantitative estimate of drug-likeness (QED) is 0.308. The maximum atomic E-state index is 14.3. The van der Waals surface area contributed by atoms with Crippen LogP contribution in [0.3, 0.4) is 0 Å². The molecule has 3 atom stereocenters. The third kappa shape index (κ3) is 4.29. The van der Waals surface area contributed by atoms with Crippen LogP contribution < -0.4 is 0 Å². The summed E-state index contributed by atoms with van der Waals surface area (Å²) in [5.41, 5.74) is 4.09. The summed E-state index contributed by atoms with van der Waals surface area (Å²) in [5.74, 6) is 0. The van der Waals surface area contributed by atoms with Crippen LogP contribution in [0.5, 0.6) is 0 Å². The first kappa shape index (κ1) is 25.1. The van der Waals surface area contributed by atoms with Gasteiger partial charge in [-0.15, -0.1) is 0 Å². The smallest absolute Gasteiger partial charge is 0.243 e. The Balaban J connectivity index is 1.55. The molecule has 5 heteroatoms. The van der Waals surface area contributed by atoms with Gasteiger partial charge in [0.15, 0.2) is 0 Å². The van der Waals surface area contributed by atoms with E-state index in [0.717, 1.165) is 22.3 Å². The van der Waals surface area contributed by atoms with Crippen LogP contribution in [0, 0.1) is 6.92 Å². The number of benzene rings is 4. The summed E-state index contributed by atoms with van der Waals surface area (Å²) in [7, 11) is -3.78. The second kappa shape index (κ2) is 9.49. The maximum absolute atomic E-state index is 14.3. The third-order valence-corrected chi connectivity index (χ3v) is 10.2. The normalized spacial score (nSPS) is 25.1. The first-order valence-corrected chi connectivity index (χ1v) is 14.7. The molecule has 0 aliphatic carbocycles. The van der Waals surface area contributed by atoms with Crippen molar-refractivity contribution in [2.45, 2.75) is 55.2 Å². The number of hydrogen-bond acceptors (Lipinski definition) is 3. The number of rotatable bonds is 6. The lowest BCUT2D eigenvalue weighted by molar-refractivity contribution is -0.234. The summed E-state index contributed by atoms with van der Waals surface area (Å²) in [6.07, 6.45) is 1.86. The predicted molar refractivity (Wildman–Crippen MR) is 150 cm³/mol. The van der Waals surface area contributed by atoms with Crippen LogP contribution in [0.2, 0.25) is 0 Å². The van der Waals surface area contributed by atoms with Crippen LogP contribution in [0.25, 0.3) is 0 Å². The number of hydrogen-bond donors (Lipinski definition) is 0. The van der Waals surface area contributed by atoms with E-state index in [9.17, 15) is 8.42 Å². The highest BCUT2D eigenvalue weighted by Gasteiger charge is 2.59. The van der Waals surface area contributed by atoms with Crippen LogP contribution in [-0.2, 0) is 39.6 Å². The van der Waals surface area contributed by atoms with E-state index in [-0.39, 0.29) is 12.6 Å². The summed E-state index contributed by atoms with van der Waals surface area (Å²) < 4.78 is 37.7. The fourth-order valence-corrected chi connectivity index (χ4v) is 8.10. The van der Waals surface area contributed by atoms with Crippen LogP contribution in [0.4, 0.5) is 0 Å². The number of fused-ring (bicyclic) bond motifs is 4.